The van der Waals surface area contributed by atoms with Gasteiger partial charge in [0.05, 0.1) is 6.10 Å². The van der Waals surface area contributed by atoms with Crippen LogP contribution in [0.15, 0.2) is 18.3 Å². The monoisotopic (exact) mass is 252 g/mol. The highest BCUT2D eigenvalue weighted by Gasteiger charge is 2.22. The van der Waals surface area contributed by atoms with Crippen LogP contribution in [0.1, 0.15) is 31.9 Å². The molecule has 1 unspecified atom stereocenters. The van der Waals surface area contributed by atoms with Crippen molar-refractivity contribution in [2.24, 2.45) is 0 Å². The summed E-state index contributed by atoms with van der Waals surface area (Å²) < 4.78 is 0. The van der Waals surface area contributed by atoms with Crippen LogP contribution in [-0.2, 0) is 0 Å². The molecule has 4 heteroatoms. The minimum Gasteiger partial charge on any atom is -0.389 e. The molecule has 0 spiro atoms. The topological polar surface area (TPSA) is 36.4 Å². The molecule has 1 saturated heterocycles. The Morgan fingerprint density at radius 1 is 1.65 bits per heavy atom. The molecule has 0 aromatic carbocycles. The summed E-state index contributed by atoms with van der Waals surface area (Å²) in [5, 5.41) is 10.5. The van der Waals surface area contributed by atoms with Crippen LogP contribution in [0, 0.1) is 0 Å². The minimum atomic E-state index is -0.451. The van der Waals surface area contributed by atoms with Gasteiger partial charge >= 0.3 is 0 Å². The highest BCUT2D eigenvalue weighted by molar-refractivity contribution is 8.00. The van der Waals surface area contributed by atoms with Crippen molar-refractivity contribution in [2.45, 2.75) is 31.6 Å². The molecule has 1 aromatic rings. The number of aliphatic hydroxyl groups excluding tert-OH is 1. The second kappa shape index (κ2) is 5.74. The first kappa shape index (κ1) is 12.7. The van der Waals surface area contributed by atoms with E-state index in [4.69, 9.17) is 0 Å². The number of rotatable bonds is 3. The zero-order chi connectivity index (χ0) is 12.3. The number of hydrogen-bond donors (Lipinski definition) is 1. The Balaban J connectivity index is 2.21. The molecular weight excluding hydrogens is 232 g/mol. The van der Waals surface area contributed by atoms with E-state index in [0.29, 0.717) is 5.25 Å². The highest BCUT2D eigenvalue weighted by atomic mass is 32.2. The molecule has 0 amide bonds. The summed E-state index contributed by atoms with van der Waals surface area (Å²) in [6.45, 7) is 6.10. The largest absolute Gasteiger partial charge is 0.389 e. The Kier molecular flexibility index (Phi) is 4.29. The molecule has 1 aliphatic heterocycles. The van der Waals surface area contributed by atoms with Crippen LogP contribution < -0.4 is 4.90 Å². The number of thioether (sulfide) groups is 1. The quantitative estimate of drug-likeness (QED) is 0.896. The molecule has 2 heterocycles. The summed E-state index contributed by atoms with van der Waals surface area (Å²) in [5.74, 6) is 2.11. The van der Waals surface area contributed by atoms with Gasteiger partial charge < -0.3 is 10.0 Å². The minimum absolute atomic E-state index is 0.451. The molecule has 0 saturated carbocycles. The first-order valence-electron chi connectivity index (χ1n) is 6.22. The lowest BCUT2D eigenvalue weighted by molar-refractivity contribution is 0.199. The van der Waals surface area contributed by atoms with Gasteiger partial charge in [-0.1, -0.05) is 13.0 Å². The molecule has 17 heavy (non-hydrogen) atoms. The normalized spacial score (nSPS) is 22.5. The third-order valence-corrected chi connectivity index (χ3v) is 4.53. The summed E-state index contributed by atoms with van der Waals surface area (Å²) >= 11 is 2.04. The summed E-state index contributed by atoms with van der Waals surface area (Å²) in [7, 11) is 0. The summed E-state index contributed by atoms with van der Waals surface area (Å²) in [5.41, 5.74) is 0.939. The highest BCUT2D eigenvalue weighted by Crippen LogP contribution is 2.29. The molecular formula is C13H20N2OS. The summed E-state index contributed by atoms with van der Waals surface area (Å²) in [6.07, 6.45) is 2.55. The van der Waals surface area contributed by atoms with E-state index in [2.05, 4.69) is 16.8 Å². The molecule has 1 aliphatic rings. The molecule has 0 aliphatic carbocycles. The van der Waals surface area contributed by atoms with Gasteiger partial charge in [-0.3, -0.25) is 0 Å². The van der Waals surface area contributed by atoms with E-state index in [9.17, 15) is 5.11 Å². The van der Waals surface area contributed by atoms with Crippen molar-refractivity contribution >= 4 is 17.6 Å². The van der Waals surface area contributed by atoms with Crippen molar-refractivity contribution in [2.75, 3.05) is 23.7 Å². The summed E-state index contributed by atoms with van der Waals surface area (Å²) in [6, 6.07) is 3.86. The van der Waals surface area contributed by atoms with Crippen LogP contribution >= 0.6 is 11.8 Å². The predicted molar refractivity (Wildman–Crippen MR) is 73.6 cm³/mol. The Morgan fingerprint density at radius 2 is 2.47 bits per heavy atom. The summed E-state index contributed by atoms with van der Waals surface area (Å²) in [4.78, 5) is 6.76. The zero-order valence-electron chi connectivity index (χ0n) is 10.5. The van der Waals surface area contributed by atoms with Crippen LogP contribution in [0.3, 0.4) is 0 Å². The lowest BCUT2D eigenvalue weighted by atomic mass is 10.1. The standard InChI is InChI=1S/C13H20N2OS/c1-3-11-9-15(7-8-17-11)13-12(10(2)16)5-4-6-14-13/h4-6,10-11,16H,3,7-9H2,1-2H3/t10-,11?/m1/s1. The number of pyridine rings is 1. The van der Waals surface area contributed by atoms with Crippen LogP contribution in [0.5, 0.6) is 0 Å². The van der Waals surface area contributed by atoms with E-state index in [-0.39, 0.29) is 0 Å². The lowest BCUT2D eigenvalue weighted by Crippen LogP contribution is -2.38. The van der Waals surface area contributed by atoms with Gasteiger partial charge in [0.2, 0.25) is 0 Å². The van der Waals surface area contributed by atoms with Gasteiger partial charge in [-0.2, -0.15) is 11.8 Å². The van der Waals surface area contributed by atoms with E-state index in [0.717, 1.165) is 30.2 Å². The maximum atomic E-state index is 9.79. The van der Waals surface area contributed by atoms with E-state index in [1.165, 1.54) is 6.42 Å². The fraction of sp³-hybridized carbons (Fsp3) is 0.615. The predicted octanol–water partition coefficient (Wildman–Crippen LogP) is 2.47. The van der Waals surface area contributed by atoms with Crippen LogP contribution in [-0.4, -0.2) is 34.2 Å². The van der Waals surface area contributed by atoms with Crippen LogP contribution in [0.25, 0.3) is 0 Å². The first-order chi connectivity index (χ1) is 8.22. The van der Waals surface area contributed by atoms with Crippen molar-refractivity contribution in [1.82, 2.24) is 4.98 Å². The number of anilines is 1. The van der Waals surface area contributed by atoms with Gasteiger partial charge in [-0.05, 0) is 19.4 Å². The van der Waals surface area contributed by atoms with Crippen LogP contribution in [0.2, 0.25) is 0 Å². The maximum Gasteiger partial charge on any atom is 0.134 e. The Bertz CT molecular complexity index is 370. The molecule has 94 valence electrons. The molecule has 1 N–H and O–H groups in total. The SMILES string of the molecule is CCC1CN(c2ncccc2[C@@H](C)O)CCS1. The molecule has 1 fully saturated rings. The second-order valence-electron chi connectivity index (χ2n) is 4.44. The molecule has 3 nitrogen and oxygen atoms in total. The molecule has 0 bridgehead atoms. The van der Waals surface area contributed by atoms with E-state index in [1.54, 1.807) is 6.92 Å². The molecule has 2 rings (SSSR count). The Morgan fingerprint density at radius 3 is 3.18 bits per heavy atom. The fourth-order valence-electron chi connectivity index (χ4n) is 2.16. The van der Waals surface area contributed by atoms with Gasteiger partial charge in [-0.25, -0.2) is 4.98 Å². The number of aliphatic hydroxyl groups is 1. The van der Waals surface area contributed by atoms with Gasteiger partial charge in [0, 0.05) is 35.9 Å². The lowest BCUT2D eigenvalue weighted by Gasteiger charge is -2.34. The molecule has 1 aromatic heterocycles. The number of hydrogen-bond acceptors (Lipinski definition) is 4. The van der Waals surface area contributed by atoms with Crippen molar-refractivity contribution in [3.8, 4) is 0 Å². The van der Waals surface area contributed by atoms with E-state index in [1.807, 2.05) is 30.1 Å². The fourth-order valence-corrected chi connectivity index (χ4v) is 3.34. The van der Waals surface area contributed by atoms with Crippen molar-refractivity contribution in [3.63, 3.8) is 0 Å². The van der Waals surface area contributed by atoms with E-state index >= 15 is 0 Å². The number of aromatic nitrogens is 1. The third kappa shape index (κ3) is 2.93. The van der Waals surface area contributed by atoms with Crippen molar-refractivity contribution in [3.05, 3.63) is 23.9 Å². The Hall–Kier alpha value is -0.740. The molecule has 2 atom stereocenters. The first-order valence-corrected chi connectivity index (χ1v) is 7.26. The van der Waals surface area contributed by atoms with Crippen molar-refractivity contribution < 1.29 is 5.11 Å². The van der Waals surface area contributed by atoms with Gasteiger partial charge in [0.25, 0.3) is 0 Å². The molecule has 0 radical (unpaired) electrons. The Labute approximate surface area is 107 Å². The number of nitrogens with zero attached hydrogens (tertiary/aromatic N) is 2. The van der Waals surface area contributed by atoms with Crippen LogP contribution in [0.4, 0.5) is 5.82 Å². The third-order valence-electron chi connectivity index (χ3n) is 3.16. The second-order valence-corrected chi connectivity index (χ2v) is 5.85. The van der Waals surface area contributed by atoms with E-state index < -0.39 is 6.10 Å². The average Bonchev–Trinajstić information content (AvgIpc) is 2.39. The maximum absolute atomic E-state index is 9.79. The smallest absolute Gasteiger partial charge is 0.134 e. The van der Waals surface area contributed by atoms with Gasteiger partial charge in [0.1, 0.15) is 5.82 Å². The average molecular weight is 252 g/mol. The van der Waals surface area contributed by atoms with Crippen molar-refractivity contribution in [1.29, 1.82) is 0 Å². The zero-order valence-corrected chi connectivity index (χ0v) is 11.3. The van der Waals surface area contributed by atoms with Gasteiger partial charge in [0.15, 0.2) is 0 Å². The van der Waals surface area contributed by atoms with Gasteiger partial charge in [-0.15, -0.1) is 0 Å².